The molecular weight excluding hydrogens is 430 g/mol. The Labute approximate surface area is 198 Å². The molecule has 0 saturated carbocycles. The lowest BCUT2D eigenvalue weighted by atomic mass is 9.98. The van der Waals surface area contributed by atoms with Gasteiger partial charge in [0.2, 0.25) is 4.87 Å². The summed E-state index contributed by atoms with van der Waals surface area (Å²) in [6.45, 7) is 4.85. The first-order chi connectivity index (χ1) is 16.1. The fraction of sp³-hybridized carbons (Fsp3) is 0.259. The highest BCUT2D eigenvalue weighted by Crippen LogP contribution is 2.52. The zero-order chi connectivity index (χ0) is 23.0. The number of anilines is 1. The topological polar surface area (TPSA) is 53.9 Å². The largest absolute Gasteiger partial charge is 0.497 e. The Morgan fingerprint density at radius 2 is 1.85 bits per heavy atom. The van der Waals surface area contributed by atoms with Crippen LogP contribution in [0.1, 0.15) is 41.2 Å². The van der Waals surface area contributed by atoms with E-state index in [0.717, 1.165) is 46.0 Å². The number of carbonyl (C=O) groups is 1. The van der Waals surface area contributed by atoms with Gasteiger partial charge in [-0.15, -0.1) is 0 Å². The van der Waals surface area contributed by atoms with E-state index in [2.05, 4.69) is 48.6 Å². The molecule has 168 valence electrons. The Morgan fingerprint density at radius 1 is 1.09 bits per heavy atom. The Kier molecular flexibility index (Phi) is 5.62. The number of carbonyl (C=O) groups excluding carboxylic acids is 1. The van der Waals surface area contributed by atoms with Crippen molar-refractivity contribution in [2.75, 3.05) is 12.0 Å². The van der Waals surface area contributed by atoms with Crippen LogP contribution in [0.4, 0.5) is 5.69 Å². The van der Waals surface area contributed by atoms with Crippen molar-refractivity contribution >= 4 is 28.4 Å². The molecule has 1 atom stereocenters. The second-order valence-electron chi connectivity index (χ2n) is 8.46. The summed E-state index contributed by atoms with van der Waals surface area (Å²) in [5.74, 6) is 0.812. The number of fused-ring (bicyclic) bond motifs is 2. The zero-order valence-electron chi connectivity index (χ0n) is 19.1. The fourth-order valence-electron chi connectivity index (χ4n) is 4.51. The Bertz CT molecular complexity index is 1220. The van der Waals surface area contributed by atoms with Gasteiger partial charge in [0.05, 0.1) is 19.3 Å². The number of aryl methyl sites for hydroxylation is 2. The van der Waals surface area contributed by atoms with Crippen molar-refractivity contribution in [1.29, 1.82) is 0 Å². The number of rotatable bonds is 6. The van der Waals surface area contributed by atoms with Gasteiger partial charge in [-0.25, -0.2) is 0 Å². The summed E-state index contributed by atoms with van der Waals surface area (Å²) in [6, 6.07) is 22.3. The molecule has 0 radical (unpaired) electrons. The van der Waals surface area contributed by atoms with Gasteiger partial charge in [0.15, 0.2) is 0 Å². The first kappa shape index (κ1) is 21.6. The van der Waals surface area contributed by atoms with E-state index in [-0.39, 0.29) is 5.91 Å². The van der Waals surface area contributed by atoms with E-state index in [9.17, 15) is 4.79 Å². The summed E-state index contributed by atoms with van der Waals surface area (Å²) in [5, 5.41) is 5.42. The van der Waals surface area contributed by atoms with Crippen molar-refractivity contribution in [2.45, 2.75) is 38.1 Å². The van der Waals surface area contributed by atoms with Gasteiger partial charge in [-0.1, -0.05) is 55.4 Å². The number of hydrazone groups is 1. The maximum atomic E-state index is 14.0. The smallest absolute Gasteiger partial charge is 0.270 e. The average Bonchev–Trinajstić information content (AvgIpc) is 3.38. The SMILES string of the molecule is CCCc1cc2c(cc1C)C1(NN=C(c3ccc(OC)cc3)S1)C(=O)N2Cc1ccccc1. The van der Waals surface area contributed by atoms with Gasteiger partial charge in [-0.2, -0.15) is 5.10 Å². The highest BCUT2D eigenvalue weighted by atomic mass is 32.2. The standard InChI is InChI=1S/C27H27N3O2S/c1-4-8-21-16-24-23(15-18(21)2)27(26(31)30(24)17-19-9-6-5-7-10-19)29-28-25(33-27)20-11-13-22(32-3)14-12-20/h5-7,9-16,29H,4,8,17H2,1-3H3. The third-order valence-corrected chi connectivity index (χ3v) is 7.59. The number of hydrogen-bond donors (Lipinski definition) is 1. The minimum absolute atomic E-state index is 0.0201. The van der Waals surface area contributed by atoms with Crippen LogP contribution in [-0.2, 0) is 22.6 Å². The third-order valence-electron chi connectivity index (χ3n) is 6.28. The molecule has 1 amide bonds. The normalized spacial score (nSPS) is 18.9. The van der Waals surface area contributed by atoms with E-state index >= 15 is 0 Å². The Hall–Kier alpha value is -3.25. The molecule has 3 aromatic rings. The van der Waals surface area contributed by atoms with E-state index in [0.29, 0.717) is 6.54 Å². The number of nitrogens with zero attached hydrogens (tertiary/aromatic N) is 2. The molecule has 2 heterocycles. The maximum Gasteiger partial charge on any atom is 0.270 e. The van der Waals surface area contributed by atoms with Gasteiger partial charge in [0.1, 0.15) is 10.8 Å². The molecule has 33 heavy (non-hydrogen) atoms. The molecule has 5 rings (SSSR count). The number of amides is 1. The first-order valence-corrected chi connectivity index (χ1v) is 12.1. The lowest BCUT2D eigenvalue weighted by molar-refractivity contribution is -0.121. The molecule has 5 nitrogen and oxygen atoms in total. The van der Waals surface area contributed by atoms with E-state index < -0.39 is 4.87 Å². The van der Waals surface area contributed by atoms with Crippen LogP contribution in [0.2, 0.25) is 0 Å². The lowest BCUT2D eigenvalue weighted by Crippen LogP contribution is -2.44. The van der Waals surface area contributed by atoms with Crippen LogP contribution in [0.5, 0.6) is 5.75 Å². The molecule has 0 saturated heterocycles. The predicted molar refractivity (Wildman–Crippen MR) is 135 cm³/mol. The van der Waals surface area contributed by atoms with E-state index in [1.807, 2.05) is 47.4 Å². The minimum atomic E-state index is -0.950. The molecule has 1 unspecified atom stereocenters. The summed E-state index contributed by atoms with van der Waals surface area (Å²) in [6.07, 6.45) is 2.06. The van der Waals surface area contributed by atoms with Crippen LogP contribution >= 0.6 is 11.8 Å². The molecule has 0 bridgehead atoms. The van der Waals surface area contributed by atoms with Gasteiger partial charge in [0.25, 0.3) is 5.91 Å². The van der Waals surface area contributed by atoms with E-state index in [4.69, 9.17) is 4.74 Å². The highest BCUT2D eigenvalue weighted by molar-refractivity contribution is 8.16. The number of nitrogens with one attached hydrogen (secondary N) is 1. The summed E-state index contributed by atoms with van der Waals surface area (Å²) < 4.78 is 5.28. The zero-order valence-corrected chi connectivity index (χ0v) is 19.9. The van der Waals surface area contributed by atoms with Gasteiger partial charge in [-0.05, 0) is 66.4 Å². The Balaban J connectivity index is 1.55. The quantitative estimate of drug-likeness (QED) is 0.542. The van der Waals surface area contributed by atoms with Crippen molar-refractivity contribution in [3.8, 4) is 5.75 Å². The van der Waals surface area contributed by atoms with Gasteiger partial charge in [0, 0.05) is 11.1 Å². The molecule has 6 heteroatoms. The number of thioether (sulfide) groups is 1. The van der Waals surface area contributed by atoms with Crippen LogP contribution < -0.4 is 15.1 Å². The highest BCUT2D eigenvalue weighted by Gasteiger charge is 2.55. The minimum Gasteiger partial charge on any atom is -0.497 e. The first-order valence-electron chi connectivity index (χ1n) is 11.2. The van der Waals surface area contributed by atoms with Gasteiger partial charge < -0.3 is 9.64 Å². The fourth-order valence-corrected chi connectivity index (χ4v) is 5.70. The molecule has 2 aliphatic rings. The number of ether oxygens (including phenoxy) is 1. The van der Waals surface area contributed by atoms with E-state index in [1.165, 1.54) is 22.9 Å². The molecule has 0 aromatic heterocycles. The Morgan fingerprint density at radius 3 is 2.55 bits per heavy atom. The molecule has 1 N–H and O–H groups in total. The lowest BCUT2D eigenvalue weighted by Gasteiger charge is -2.23. The predicted octanol–water partition coefficient (Wildman–Crippen LogP) is 5.35. The average molecular weight is 458 g/mol. The van der Waals surface area contributed by atoms with Gasteiger partial charge >= 0.3 is 0 Å². The summed E-state index contributed by atoms with van der Waals surface area (Å²) >= 11 is 1.49. The second kappa shape index (κ2) is 8.60. The van der Waals surface area contributed by atoms with Crippen LogP contribution in [-0.4, -0.2) is 18.1 Å². The summed E-state index contributed by atoms with van der Waals surface area (Å²) in [5.41, 5.74) is 9.76. The summed E-state index contributed by atoms with van der Waals surface area (Å²) in [4.78, 5) is 15.0. The van der Waals surface area contributed by atoms with Crippen LogP contribution in [0.3, 0.4) is 0 Å². The van der Waals surface area contributed by atoms with Crippen LogP contribution in [0, 0.1) is 6.92 Å². The van der Waals surface area contributed by atoms with Crippen molar-refractivity contribution in [3.63, 3.8) is 0 Å². The number of methoxy groups -OCH3 is 1. The molecule has 3 aromatic carbocycles. The van der Waals surface area contributed by atoms with Crippen molar-refractivity contribution < 1.29 is 9.53 Å². The summed E-state index contributed by atoms with van der Waals surface area (Å²) in [7, 11) is 1.65. The van der Waals surface area contributed by atoms with Crippen LogP contribution in [0.15, 0.2) is 71.8 Å². The molecule has 0 aliphatic carbocycles. The molecule has 1 spiro atoms. The van der Waals surface area contributed by atoms with Crippen molar-refractivity contribution in [3.05, 3.63) is 94.5 Å². The molecule has 0 fully saturated rings. The van der Waals surface area contributed by atoms with Crippen molar-refractivity contribution in [2.24, 2.45) is 5.10 Å². The second-order valence-corrected chi connectivity index (χ2v) is 9.67. The monoisotopic (exact) mass is 457 g/mol. The van der Waals surface area contributed by atoms with Crippen molar-refractivity contribution in [1.82, 2.24) is 5.43 Å². The van der Waals surface area contributed by atoms with Crippen LogP contribution in [0.25, 0.3) is 0 Å². The maximum absolute atomic E-state index is 14.0. The number of hydrogen-bond acceptors (Lipinski definition) is 5. The van der Waals surface area contributed by atoms with E-state index in [1.54, 1.807) is 7.11 Å². The number of benzene rings is 3. The molecule has 2 aliphatic heterocycles. The third kappa shape index (κ3) is 3.68. The van der Waals surface area contributed by atoms with Gasteiger partial charge in [-0.3, -0.25) is 10.2 Å². The molecular formula is C27H27N3O2S.